The summed E-state index contributed by atoms with van der Waals surface area (Å²) in [6.07, 6.45) is 1.87. The molecule has 0 aromatic carbocycles. The topological polar surface area (TPSA) is 72.8 Å². The van der Waals surface area contributed by atoms with Gasteiger partial charge in [0.05, 0.1) is 12.3 Å². The van der Waals surface area contributed by atoms with E-state index in [0.717, 1.165) is 0 Å². The van der Waals surface area contributed by atoms with E-state index in [1.807, 2.05) is 23.8 Å². The predicted molar refractivity (Wildman–Crippen MR) is 53.4 cm³/mol. The second-order valence-corrected chi connectivity index (χ2v) is 2.77. The molecule has 0 aliphatic rings. The second-order valence-electron chi connectivity index (χ2n) is 2.77. The highest BCUT2D eigenvalue weighted by Gasteiger charge is 2.04. The highest BCUT2D eigenvalue weighted by atomic mass is 16.5. The van der Waals surface area contributed by atoms with Crippen LogP contribution in [0.5, 0.6) is 0 Å². The summed E-state index contributed by atoms with van der Waals surface area (Å²) in [7, 11) is 0. The Kier molecular flexibility index (Phi) is 4.00. The average Bonchev–Trinajstić information content (AvgIpc) is 2.65. The van der Waals surface area contributed by atoms with Crippen LogP contribution < -0.4 is 5.73 Å². The lowest BCUT2D eigenvalue weighted by Gasteiger charge is -2.07. The Morgan fingerprint density at radius 2 is 2.50 bits per heavy atom. The van der Waals surface area contributed by atoms with E-state index in [0.29, 0.717) is 25.5 Å². The molecule has 0 aliphatic heterocycles. The van der Waals surface area contributed by atoms with Gasteiger partial charge in [-0.25, -0.2) is 0 Å². The fraction of sp³-hybridized carbons (Fsp3) is 0.444. The Morgan fingerprint density at radius 1 is 1.71 bits per heavy atom. The van der Waals surface area contributed by atoms with Crippen LogP contribution >= 0.6 is 0 Å². The molecule has 5 heteroatoms. The van der Waals surface area contributed by atoms with Crippen molar-refractivity contribution in [2.75, 3.05) is 13.2 Å². The van der Waals surface area contributed by atoms with Gasteiger partial charge in [-0.05, 0) is 19.1 Å². The first-order valence-electron chi connectivity index (χ1n) is 4.50. The van der Waals surface area contributed by atoms with Gasteiger partial charge >= 0.3 is 0 Å². The molecule has 14 heavy (non-hydrogen) atoms. The molecule has 1 heterocycles. The zero-order valence-corrected chi connectivity index (χ0v) is 8.18. The molecular weight excluding hydrogens is 182 g/mol. The van der Waals surface area contributed by atoms with Crippen LogP contribution in [0.4, 0.5) is 0 Å². The summed E-state index contributed by atoms with van der Waals surface area (Å²) in [5.41, 5.74) is 6.18. The molecule has 0 aliphatic carbocycles. The summed E-state index contributed by atoms with van der Waals surface area (Å²) >= 11 is 0. The van der Waals surface area contributed by atoms with Crippen molar-refractivity contribution in [3.63, 3.8) is 0 Å². The van der Waals surface area contributed by atoms with Gasteiger partial charge in [0.15, 0.2) is 5.84 Å². The van der Waals surface area contributed by atoms with Gasteiger partial charge in [0.25, 0.3) is 0 Å². The Bertz CT molecular complexity index is 307. The number of oxime groups is 1. The number of hydrogen-bond donors (Lipinski definition) is 2. The Hall–Kier alpha value is -1.49. The van der Waals surface area contributed by atoms with Crippen LogP contribution in [0.1, 0.15) is 12.6 Å². The first-order valence-corrected chi connectivity index (χ1v) is 4.50. The van der Waals surface area contributed by atoms with Gasteiger partial charge in [-0.2, -0.15) is 0 Å². The lowest BCUT2D eigenvalue weighted by atomic mass is 10.4. The Labute approximate surface area is 82.8 Å². The molecule has 0 atom stereocenters. The number of aromatic nitrogens is 1. The van der Waals surface area contributed by atoms with E-state index in [4.69, 9.17) is 15.7 Å². The predicted octanol–water partition coefficient (Wildman–Crippen LogP) is 0.619. The highest BCUT2D eigenvalue weighted by molar-refractivity contribution is 5.95. The maximum atomic E-state index is 8.52. The van der Waals surface area contributed by atoms with Crippen LogP contribution in [0.3, 0.4) is 0 Å². The summed E-state index contributed by atoms with van der Waals surface area (Å²) < 4.78 is 7.09. The fourth-order valence-corrected chi connectivity index (χ4v) is 1.20. The number of ether oxygens (including phenoxy) is 1. The number of nitrogens with two attached hydrogens (primary N) is 1. The fourth-order valence-electron chi connectivity index (χ4n) is 1.20. The first-order chi connectivity index (χ1) is 6.79. The molecule has 0 unspecified atom stereocenters. The molecule has 0 spiro atoms. The summed E-state index contributed by atoms with van der Waals surface area (Å²) in [4.78, 5) is 0. The van der Waals surface area contributed by atoms with Crippen molar-refractivity contribution in [3.8, 4) is 0 Å². The molecule has 0 radical (unpaired) electrons. The zero-order chi connectivity index (χ0) is 10.4. The van der Waals surface area contributed by atoms with Gasteiger partial charge in [-0.15, -0.1) is 0 Å². The molecule has 78 valence electrons. The van der Waals surface area contributed by atoms with Crippen molar-refractivity contribution in [2.45, 2.75) is 13.5 Å². The number of hydrogen-bond acceptors (Lipinski definition) is 3. The molecule has 0 fully saturated rings. The monoisotopic (exact) mass is 197 g/mol. The van der Waals surface area contributed by atoms with Crippen molar-refractivity contribution in [3.05, 3.63) is 24.0 Å². The first kappa shape index (κ1) is 10.6. The zero-order valence-electron chi connectivity index (χ0n) is 8.18. The minimum Gasteiger partial charge on any atom is -0.409 e. The quantitative estimate of drug-likeness (QED) is 0.239. The van der Waals surface area contributed by atoms with E-state index in [1.54, 1.807) is 6.07 Å². The molecule has 5 nitrogen and oxygen atoms in total. The van der Waals surface area contributed by atoms with Gasteiger partial charge in [0, 0.05) is 19.3 Å². The van der Waals surface area contributed by atoms with Crippen molar-refractivity contribution in [2.24, 2.45) is 10.9 Å². The Balaban J connectivity index is 2.63. The van der Waals surface area contributed by atoms with Crippen molar-refractivity contribution in [1.29, 1.82) is 0 Å². The van der Waals surface area contributed by atoms with Crippen LogP contribution in [-0.4, -0.2) is 28.8 Å². The number of rotatable bonds is 5. The summed E-state index contributed by atoms with van der Waals surface area (Å²) in [5.74, 6) is 0.117. The number of amidine groups is 1. The lowest BCUT2D eigenvalue weighted by Crippen LogP contribution is -2.19. The lowest BCUT2D eigenvalue weighted by molar-refractivity contribution is 0.139. The van der Waals surface area contributed by atoms with Crippen LogP contribution in [0.2, 0.25) is 0 Å². The molecule has 1 aromatic rings. The van der Waals surface area contributed by atoms with Crippen LogP contribution in [0.15, 0.2) is 23.5 Å². The van der Waals surface area contributed by atoms with Crippen molar-refractivity contribution in [1.82, 2.24) is 4.57 Å². The van der Waals surface area contributed by atoms with Crippen molar-refractivity contribution < 1.29 is 9.94 Å². The van der Waals surface area contributed by atoms with Crippen molar-refractivity contribution >= 4 is 5.84 Å². The van der Waals surface area contributed by atoms with Gasteiger partial charge in [0.1, 0.15) is 0 Å². The maximum absolute atomic E-state index is 8.52. The molecule has 0 amide bonds. The third-order valence-corrected chi connectivity index (χ3v) is 1.88. The van der Waals surface area contributed by atoms with E-state index < -0.39 is 0 Å². The normalized spacial score (nSPS) is 11.9. The number of nitrogens with zero attached hydrogens (tertiary/aromatic N) is 2. The SMILES string of the molecule is CCOCCn1cccc1/C(N)=N/O. The van der Waals surface area contributed by atoms with E-state index >= 15 is 0 Å². The largest absolute Gasteiger partial charge is 0.409 e. The van der Waals surface area contributed by atoms with Gasteiger partial charge < -0.3 is 20.2 Å². The molecule has 0 saturated heterocycles. The summed E-state index contributed by atoms with van der Waals surface area (Å²) in [6.45, 7) is 3.96. The molecular formula is C9H15N3O2. The van der Waals surface area contributed by atoms with Gasteiger partial charge in [0.2, 0.25) is 0 Å². The molecule has 1 aromatic heterocycles. The smallest absolute Gasteiger partial charge is 0.186 e. The highest BCUT2D eigenvalue weighted by Crippen LogP contribution is 2.01. The summed E-state index contributed by atoms with van der Waals surface area (Å²) in [5, 5.41) is 11.5. The van der Waals surface area contributed by atoms with Gasteiger partial charge in [-0.1, -0.05) is 5.16 Å². The maximum Gasteiger partial charge on any atom is 0.186 e. The van der Waals surface area contributed by atoms with Crippen LogP contribution in [0.25, 0.3) is 0 Å². The average molecular weight is 197 g/mol. The van der Waals surface area contributed by atoms with E-state index in [1.165, 1.54) is 0 Å². The summed E-state index contributed by atoms with van der Waals surface area (Å²) in [6, 6.07) is 3.64. The molecule has 0 saturated carbocycles. The minimum absolute atomic E-state index is 0.117. The third kappa shape index (κ3) is 2.50. The van der Waals surface area contributed by atoms with Crippen LogP contribution in [0, 0.1) is 0 Å². The molecule has 1 rings (SSSR count). The van der Waals surface area contributed by atoms with Crippen LogP contribution in [-0.2, 0) is 11.3 Å². The minimum atomic E-state index is 0.117. The van der Waals surface area contributed by atoms with Gasteiger partial charge in [-0.3, -0.25) is 0 Å². The van der Waals surface area contributed by atoms with E-state index in [-0.39, 0.29) is 5.84 Å². The second kappa shape index (κ2) is 5.29. The molecule has 3 N–H and O–H groups in total. The Morgan fingerprint density at radius 3 is 3.14 bits per heavy atom. The standard InChI is InChI=1S/C9H15N3O2/c1-2-14-7-6-12-5-3-4-8(12)9(10)11-13/h3-5,13H,2,6-7H2,1H3,(H2,10,11). The van der Waals surface area contributed by atoms with E-state index in [9.17, 15) is 0 Å². The third-order valence-electron chi connectivity index (χ3n) is 1.88. The molecule has 0 bridgehead atoms. The van der Waals surface area contributed by atoms with E-state index in [2.05, 4.69) is 5.16 Å².